The van der Waals surface area contributed by atoms with Crippen molar-refractivity contribution in [2.45, 2.75) is 71.5 Å². The highest BCUT2D eigenvalue weighted by Gasteiger charge is 2.47. The molecule has 3 atom stereocenters. The van der Waals surface area contributed by atoms with Crippen molar-refractivity contribution in [1.82, 2.24) is 15.1 Å². The second-order valence-corrected chi connectivity index (χ2v) is 9.70. The van der Waals surface area contributed by atoms with Crippen molar-refractivity contribution in [2.75, 3.05) is 19.6 Å². The molecule has 30 heavy (non-hydrogen) atoms. The average molecular weight is 416 g/mol. The number of aromatic hydroxyl groups is 1. The lowest BCUT2D eigenvalue weighted by Gasteiger charge is -2.51. The summed E-state index contributed by atoms with van der Waals surface area (Å²) in [5, 5.41) is 12.5. The molecule has 1 aromatic carbocycles. The lowest BCUT2D eigenvalue weighted by atomic mass is 9.90. The third kappa shape index (κ3) is 5.34. The first-order valence-electron chi connectivity index (χ1n) is 11.4. The zero-order valence-electron chi connectivity index (χ0n) is 18.8. The maximum Gasteiger partial charge on any atom is 0.242 e. The number of piperazine rings is 2. The first-order valence-corrected chi connectivity index (χ1v) is 11.4. The number of carbonyl (C=O) groups is 2. The van der Waals surface area contributed by atoms with Crippen LogP contribution in [0.15, 0.2) is 24.3 Å². The minimum atomic E-state index is -0.343. The summed E-state index contributed by atoms with van der Waals surface area (Å²) >= 11 is 0. The van der Waals surface area contributed by atoms with Crippen LogP contribution in [0.1, 0.15) is 52.5 Å². The van der Waals surface area contributed by atoms with Gasteiger partial charge in [0.2, 0.25) is 11.8 Å². The van der Waals surface area contributed by atoms with Crippen molar-refractivity contribution in [3.05, 3.63) is 29.8 Å². The quantitative estimate of drug-likeness (QED) is 0.685. The van der Waals surface area contributed by atoms with Crippen molar-refractivity contribution in [2.24, 2.45) is 11.8 Å². The number of hydrogen-bond donors (Lipinski definition) is 2. The van der Waals surface area contributed by atoms with Gasteiger partial charge in [0.15, 0.2) is 0 Å². The Balaban J connectivity index is 1.71. The number of carbonyl (C=O) groups excluding carboxylic acids is 2. The van der Waals surface area contributed by atoms with Crippen LogP contribution < -0.4 is 5.32 Å². The second-order valence-electron chi connectivity index (χ2n) is 9.70. The van der Waals surface area contributed by atoms with Crippen molar-refractivity contribution in [3.63, 3.8) is 0 Å². The molecular weight excluding hydrogens is 378 g/mol. The van der Waals surface area contributed by atoms with Crippen LogP contribution in [0.25, 0.3) is 0 Å². The molecule has 2 heterocycles. The van der Waals surface area contributed by atoms with Crippen LogP contribution in [0.5, 0.6) is 5.75 Å². The van der Waals surface area contributed by atoms with E-state index in [2.05, 4.69) is 37.9 Å². The molecule has 0 aliphatic carbocycles. The first kappa shape index (κ1) is 22.6. The summed E-state index contributed by atoms with van der Waals surface area (Å²) in [7, 11) is 0. The van der Waals surface area contributed by atoms with E-state index in [4.69, 9.17) is 0 Å². The summed E-state index contributed by atoms with van der Waals surface area (Å²) in [6.45, 7) is 10.7. The highest BCUT2D eigenvalue weighted by molar-refractivity contribution is 5.92. The number of nitrogens with one attached hydrogen (secondary N) is 1. The van der Waals surface area contributed by atoms with Crippen LogP contribution in [-0.4, -0.2) is 64.5 Å². The summed E-state index contributed by atoms with van der Waals surface area (Å²) in [5.74, 6) is 1.19. The SMILES string of the molecule is CC(C)C[C@H]1C(=O)N2[C@H](CNC(=O)[C@@H]2CC(C)C)CN1CCCc1ccc(O)cc1. The molecule has 6 heteroatoms. The Morgan fingerprint density at radius 2 is 1.67 bits per heavy atom. The number of benzene rings is 1. The van der Waals surface area contributed by atoms with E-state index in [9.17, 15) is 14.7 Å². The molecule has 2 N–H and O–H groups in total. The normalized spacial score (nSPS) is 25.0. The van der Waals surface area contributed by atoms with Gasteiger partial charge in [0, 0.05) is 13.1 Å². The fourth-order valence-electron chi connectivity index (χ4n) is 4.79. The largest absolute Gasteiger partial charge is 0.508 e. The molecule has 0 unspecified atom stereocenters. The molecule has 2 aliphatic rings. The molecule has 2 saturated heterocycles. The zero-order valence-corrected chi connectivity index (χ0v) is 18.8. The third-order valence-electron chi connectivity index (χ3n) is 6.21. The minimum absolute atomic E-state index is 0.00243. The van der Waals surface area contributed by atoms with Crippen molar-refractivity contribution >= 4 is 11.8 Å². The van der Waals surface area contributed by atoms with Gasteiger partial charge in [-0.3, -0.25) is 14.5 Å². The number of phenols is 1. The monoisotopic (exact) mass is 415 g/mol. The molecule has 0 radical (unpaired) electrons. The fourth-order valence-corrected chi connectivity index (χ4v) is 4.79. The van der Waals surface area contributed by atoms with Crippen molar-refractivity contribution in [1.29, 1.82) is 0 Å². The van der Waals surface area contributed by atoms with E-state index in [1.54, 1.807) is 12.1 Å². The predicted molar refractivity (Wildman–Crippen MR) is 118 cm³/mol. The van der Waals surface area contributed by atoms with Gasteiger partial charge in [-0.2, -0.15) is 0 Å². The van der Waals surface area contributed by atoms with E-state index in [0.29, 0.717) is 24.8 Å². The van der Waals surface area contributed by atoms with Crippen LogP contribution in [0.4, 0.5) is 0 Å². The maximum absolute atomic E-state index is 13.6. The van der Waals surface area contributed by atoms with Crippen LogP contribution >= 0.6 is 0 Å². The Morgan fingerprint density at radius 3 is 2.30 bits per heavy atom. The van der Waals surface area contributed by atoms with Gasteiger partial charge in [-0.25, -0.2) is 0 Å². The molecular formula is C24H37N3O3. The summed E-state index contributed by atoms with van der Waals surface area (Å²) in [6, 6.07) is 6.91. The van der Waals surface area contributed by atoms with Gasteiger partial charge in [-0.15, -0.1) is 0 Å². The Labute approximate surface area is 180 Å². The number of fused-ring (bicyclic) bond motifs is 1. The lowest BCUT2D eigenvalue weighted by molar-refractivity contribution is -0.159. The molecule has 1 aromatic rings. The van der Waals surface area contributed by atoms with Gasteiger partial charge < -0.3 is 15.3 Å². The van der Waals surface area contributed by atoms with Crippen LogP contribution in [0.2, 0.25) is 0 Å². The number of phenolic OH excluding ortho intramolecular Hbond substituents is 1. The highest BCUT2D eigenvalue weighted by atomic mass is 16.3. The molecule has 0 bridgehead atoms. The van der Waals surface area contributed by atoms with Crippen molar-refractivity contribution in [3.8, 4) is 5.75 Å². The van der Waals surface area contributed by atoms with Gasteiger partial charge in [0.25, 0.3) is 0 Å². The zero-order chi connectivity index (χ0) is 21.8. The Morgan fingerprint density at radius 1 is 1.03 bits per heavy atom. The van der Waals surface area contributed by atoms with E-state index in [0.717, 1.165) is 32.4 Å². The molecule has 0 spiro atoms. The average Bonchev–Trinajstić information content (AvgIpc) is 2.68. The molecule has 166 valence electrons. The van der Waals surface area contributed by atoms with Crippen LogP contribution in [0.3, 0.4) is 0 Å². The lowest BCUT2D eigenvalue weighted by Crippen LogP contribution is -2.72. The van der Waals surface area contributed by atoms with Gasteiger partial charge in [-0.05, 0) is 61.8 Å². The summed E-state index contributed by atoms with van der Waals surface area (Å²) < 4.78 is 0. The number of amides is 2. The molecule has 2 aliphatic heterocycles. The fraction of sp³-hybridized carbons (Fsp3) is 0.667. The molecule has 0 saturated carbocycles. The number of hydrogen-bond acceptors (Lipinski definition) is 4. The Kier molecular flexibility index (Phi) is 7.40. The topological polar surface area (TPSA) is 72.9 Å². The van der Waals surface area contributed by atoms with Gasteiger partial charge in [-0.1, -0.05) is 39.8 Å². The standard InChI is InChI=1S/C24H37N3O3/c1-16(2)12-21-23(29)25-14-19-15-26(22(13-17(3)4)24(30)27(19)21)11-5-6-18-7-9-20(28)10-8-18/h7-10,16-17,19,21-22,28H,5-6,11-15H2,1-4H3,(H,25,29)/t19-,21+,22+/m1/s1. The second kappa shape index (κ2) is 9.82. The molecule has 2 fully saturated rings. The maximum atomic E-state index is 13.6. The smallest absolute Gasteiger partial charge is 0.242 e. The van der Waals surface area contributed by atoms with Crippen molar-refractivity contribution < 1.29 is 14.7 Å². The number of nitrogens with zero attached hydrogens (tertiary/aromatic N) is 2. The molecule has 6 nitrogen and oxygen atoms in total. The Hall–Kier alpha value is -2.08. The van der Waals surface area contributed by atoms with E-state index in [-0.39, 0.29) is 35.7 Å². The van der Waals surface area contributed by atoms with Gasteiger partial charge in [0.1, 0.15) is 11.8 Å². The minimum Gasteiger partial charge on any atom is -0.508 e. The third-order valence-corrected chi connectivity index (χ3v) is 6.21. The highest BCUT2D eigenvalue weighted by Crippen LogP contribution is 2.28. The first-order chi connectivity index (χ1) is 14.3. The van der Waals surface area contributed by atoms with E-state index in [1.165, 1.54) is 5.56 Å². The van der Waals surface area contributed by atoms with Gasteiger partial charge >= 0.3 is 0 Å². The van der Waals surface area contributed by atoms with E-state index < -0.39 is 0 Å². The number of aryl methyl sites for hydroxylation is 1. The summed E-state index contributed by atoms with van der Waals surface area (Å²) in [4.78, 5) is 30.4. The summed E-state index contributed by atoms with van der Waals surface area (Å²) in [5.41, 5.74) is 1.19. The predicted octanol–water partition coefficient (Wildman–Crippen LogP) is 2.80. The van der Waals surface area contributed by atoms with Gasteiger partial charge in [0.05, 0.1) is 12.1 Å². The Bertz CT molecular complexity index is 732. The molecule has 0 aromatic heterocycles. The number of rotatable bonds is 8. The van der Waals surface area contributed by atoms with E-state index >= 15 is 0 Å². The summed E-state index contributed by atoms with van der Waals surface area (Å²) in [6.07, 6.45) is 3.40. The van der Waals surface area contributed by atoms with E-state index in [1.807, 2.05) is 17.0 Å². The molecule has 3 rings (SSSR count). The van der Waals surface area contributed by atoms with Crippen LogP contribution in [-0.2, 0) is 16.0 Å². The molecule has 2 amide bonds. The van der Waals surface area contributed by atoms with Crippen LogP contribution in [0, 0.1) is 11.8 Å².